The predicted octanol–water partition coefficient (Wildman–Crippen LogP) is 4.19. The Bertz CT molecular complexity index is 583. The predicted molar refractivity (Wildman–Crippen MR) is 86.1 cm³/mol. The molecule has 1 aliphatic rings. The lowest BCUT2D eigenvalue weighted by molar-refractivity contribution is -0.145. The van der Waals surface area contributed by atoms with E-state index in [9.17, 15) is 14.3 Å². The van der Waals surface area contributed by atoms with E-state index >= 15 is 0 Å². The van der Waals surface area contributed by atoms with Crippen LogP contribution in [0.3, 0.4) is 0 Å². The van der Waals surface area contributed by atoms with Gasteiger partial charge in [-0.25, -0.2) is 4.39 Å². The molecule has 0 saturated heterocycles. The monoisotopic (exact) mass is 324 g/mol. The van der Waals surface area contributed by atoms with E-state index in [1.807, 2.05) is 0 Å². The van der Waals surface area contributed by atoms with Crippen molar-refractivity contribution in [1.82, 2.24) is 0 Å². The third kappa shape index (κ3) is 3.14. The highest BCUT2D eigenvalue weighted by Crippen LogP contribution is 2.48. The Morgan fingerprint density at radius 1 is 1.17 bits per heavy atom. The van der Waals surface area contributed by atoms with Crippen LogP contribution >= 0.6 is 0 Å². The summed E-state index contributed by atoms with van der Waals surface area (Å²) in [5, 5.41) is 9.93. The van der Waals surface area contributed by atoms with Gasteiger partial charge in [0.25, 0.3) is 0 Å². The van der Waals surface area contributed by atoms with Gasteiger partial charge in [-0.3, -0.25) is 4.79 Å². The number of benzene rings is 1. The summed E-state index contributed by atoms with van der Waals surface area (Å²) in [5.74, 6) is -0.118. The molecule has 128 valence electrons. The lowest BCUT2D eigenvalue weighted by Crippen LogP contribution is -2.38. The Labute approximate surface area is 136 Å². The fraction of sp³-hybridized carbons (Fsp3) is 0.611. The number of carboxylic acids is 1. The molecule has 1 N–H and O–H groups in total. The smallest absolute Gasteiger partial charge is 0.314 e. The van der Waals surface area contributed by atoms with Crippen LogP contribution in [0, 0.1) is 0 Å². The van der Waals surface area contributed by atoms with Crippen molar-refractivity contribution >= 4 is 5.97 Å². The number of carbonyl (C=O) groups is 1. The van der Waals surface area contributed by atoms with Gasteiger partial charge in [0, 0.05) is 5.56 Å². The van der Waals surface area contributed by atoms with Gasteiger partial charge in [-0.2, -0.15) is 0 Å². The summed E-state index contributed by atoms with van der Waals surface area (Å²) in [6.45, 7) is 2.90. The van der Waals surface area contributed by atoms with Crippen molar-refractivity contribution < 1.29 is 23.8 Å². The summed E-state index contributed by atoms with van der Waals surface area (Å²) < 4.78 is 25.3. The average Bonchev–Trinajstić information content (AvgIpc) is 2.53. The normalized spacial score (nSPS) is 17.6. The minimum Gasteiger partial charge on any atom is -0.493 e. The molecule has 2 rings (SSSR count). The molecule has 0 amide bonds. The maximum absolute atomic E-state index is 14.5. The minimum atomic E-state index is -1.59. The lowest BCUT2D eigenvalue weighted by atomic mass is 9.68. The highest BCUT2D eigenvalue weighted by Gasteiger charge is 2.44. The van der Waals surface area contributed by atoms with Gasteiger partial charge in [-0.05, 0) is 44.4 Å². The molecule has 1 aliphatic carbocycles. The Balaban J connectivity index is 2.73. The topological polar surface area (TPSA) is 55.8 Å². The number of alkyl halides is 1. The molecule has 1 saturated carbocycles. The average molecular weight is 324 g/mol. The zero-order valence-electron chi connectivity index (χ0n) is 14.2. The number of carboxylic acid groups (broad SMARTS) is 1. The molecule has 0 radical (unpaired) electrons. The molecule has 1 aromatic rings. The molecule has 5 heteroatoms. The van der Waals surface area contributed by atoms with E-state index in [4.69, 9.17) is 9.47 Å². The van der Waals surface area contributed by atoms with E-state index in [2.05, 4.69) is 0 Å². The molecule has 0 unspecified atom stereocenters. The highest BCUT2D eigenvalue weighted by atomic mass is 19.1. The van der Waals surface area contributed by atoms with Crippen molar-refractivity contribution in [1.29, 1.82) is 0 Å². The molecule has 1 fully saturated rings. The van der Waals surface area contributed by atoms with Crippen LogP contribution in [0.4, 0.5) is 4.39 Å². The van der Waals surface area contributed by atoms with Gasteiger partial charge >= 0.3 is 5.97 Å². The van der Waals surface area contributed by atoms with Crippen LogP contribution in [0.15, 0.2) is 12.1 Å². The van der Waals surface area contributed by atoms with Gasteiger partial charge in [-0.1, -0.05) is 19.3 Å². The van der Waals surface area contributed by atoms with Crippen LogP contribution in [0.2, 0.25) is 0 Å². The van der Waals surface area contributed by atoms with Gasteiger partial charge in [-0.15, -0.1) is 0 Å². The Hall–Kier alpha value is -1.78. The summed E-state index contributed by atoms with van der Waals surface area (Å²) in [6.07, 6.45) is 3.74. The molecule has 4 nitrogen and oxygen atoms in total. The molecular formula is C18H25FO4. The Kier molecular flexibility index (Phi) is 4.87. The fourth-order valence-corrected chi connectivity index (χ4v) is 3.42. The number of ether oxygens (including phenoxy) is 2. The number of methoxy groups -OCH3 is 2. The van der Waals surface area contributed by atoms with E-state index in [0.29, 0.717) is 35.5 Å². The van der Waals surface area contributed by atoms with Crippen molar-refractivity contribution in [3.8, 4) is 11.5 Å². The first-order valence-electron chi connectivity index (χ1n) is 7.95. The summed E-state index contributed by atoms with van der Waals surface area (Å²) in [5.41, 5.74) is -1.72. The van der Waals surface area contributed by atoms with Crippen molar-refractivity contribution in [2.45, 2.75) is 57.0 Å². The lowest BCUT2D eigenvalue weighted by Gasteiger charge is -2.35. The summed E-state index contributed by atoms with van der Waals surface area (Å²) >= 11 is 0. The number of hydrogen-bond donors (Lipinski definition) is 1. The van der Waals surface area contributed by atoms with Gasteiger partial charge in [0.1, 0.15) is 5.67 Å². The summed E-state index contributed by atoms with van der Waals surface area (Å²) in [6, 6.07) is 3.22. The Morgan fingerprint density at radius 2 is 1.78 bits per heavy atom. The molecular weight excluding hydrogens is 299 g/mol. The molecule has 0 bridgehead atoms. The second-order valence-corrected chi connectivity index (χ2v) is 6.68. The third-order valence-corrected chi connectivity index (χ3v) is 4.80. The molecule has 0 aromatic heterocycles. The van der Waals surface area contributed by atoms with E-state index in [1.54, 1.807) is 12.1 Å². The molecule has 23 heavy (non-hydrogen) atoms. The fourth-order valence-electron chi connectivity index (χ4n) is 3.42. The standard InChI is InChI=1S/C18H25FO4/c1-17(2,19)12-10-13(15(23-4)14(11-12)22-3)18(16(20)21)8-6-5-7-9-18/h10-11H,5-9H2,1-4H3,(H,20,21). The number of rotatable bonds is 5. The zero-order valence-corrected chi connectivity index (χ0v) is 14.2. The second-order valence-electron chi connectivity index (χ2n) is 6.68. The largest absolute Gasteiger partial charge is 0.493 e. The minimum absolute atomic E-state index is 0.372. The first kappa shape index (κ1) is 17.6. The third-order valence-electron chi connectivity index (χ3n) is 4.80. The van der Waals surface area contributed by atoms with E-state index < -0.39 is 17.1 Å². The SMILES string of the molecule is COc1cc(C(C)(C)F)cc(C2(C(=O)O)CCCCC2)c1OC. The van der Waals surface area contributed by atoms with Crippen molar-refractivity contribution in [2.75, 3.05) is 14.2 Å². The van der Waals surface area contributed by atoms with Crippen LogP contribution < -0.4 is 9.47 Å². The number of halogens is 1. The maximum Gasteiger partial charge on any atom is 0.314 e. The van der Waals surface area contributed by atoms with Crippen molar-refractivity contribution in [2.24, 2.45) is 0 Å². The number of hydrogen-bond acceptors (Lipinski definition) is 3. The maximum atomic E-state index is 14.5. The van der Waals surface area contributed by atoms with Crippen LogP contribution in [0.25, 0.3) is 0 Å². The molecule has 0 aliphatic heterocycles. The van der Waals surface area contributed by atoms with Gasteiger partial charge < -0.3 is 14.6 Å². The van der Waals surface area contributed by atoms with E-state index in [-0.39, 0.29) is 0 Å². The van der Waals surface area contributed by atoms with Crippen LogP contribution in [0.5, 0.6) is 11.5 Å². The summed E-state index contributed by atoms with van der Waals surface area (Å²) in [7, 11) is 2.96. The quantitative estimate of drug-likeness (QED) is 0.882. The van der Waals surface area contributed by atoms with Crippen LogP contribution in [0.1, 0.15) is 57.1 Å². The van der Waals surface area contributed by atoms with Crippen molar-refractivity contribution in [3.05, 3.63) is 23.3 Å². The first-order valence-corrected chi connectivity index (χ1v) is 7.95. The number of aliphatic carboxylic acids is 1. The zero-order chi connectivity index (χ0) is 17.3. The molecule has 1 aromatic carbocycles. The van der Waals surface area contributed by atoms with E-state index in [0.717, 1.165) is 19.3 Å². The van der Waals surface area contributed by atoms with Crippen molar-refractivity contribution in [3.63, 3.8) is 0 Å². The summed E-state index contributed by atoms with van der Waals surface area (Å²) in [4.78, 5) is 12.1. The molecule has 0 heterocycles. The van der Waals surface area contributed by atoms with Crippen LogP contribution in [-0.2, 0) is 15.9 Å². The molecule has 0 atom stereocenters. The first-order chi connectivity index (χ1) is 10.8. The van der Waals surface area contributed by atoms with Crippen LogP contribution in [-0.4, -0.2) is 25.3 Å². The second kappa shape index (κ2) is 6.38. The highest BCUT2D eigenvalue weighted by molar-refractivity contribution is 5.83. The van der Waals surface area contributed by atoms with Gasteiger partial charge in [0.15, 0.2) is 11.5 Å². The van der Waals surface area contributed by atoms with Gasteiger partial charge in [0.2, 0.25) is 0 Å². The van der Waals surface area contributed by atoms with E-state index in [1.165, 1.54) is 28.1 Å². The molecule has 0 spiro atoms. The van der Waals surface area contributed by atoms with Gasteiger partial charge in [0.05, 0.1) is 19.6 Å². The Morgan fingerprint density at radius 3 is 2.22 bits per heavy atom.